The van der Waals surface area contributed by atoms with Gasteiger partial charge in [0, 0.05) is 26.6 Å². The summed E-state index contributed by atoms with van der Waals surface area (Å²) in [7, 11) is 2.16. The number of amides is 1. The van der Waals surface area contributed by atoms with Crippen molar-refractivity contribution in [3.63, 3.8) is 0 Å². The highest BCUT2D eigenvalue weighted by Crippen LogP contribution is 2.12. The Morgan fingerprint density at radius 3 is 2.86 bits per heavy atom. The molecule has 14 heavy (non-hydrogen) atoms. The molecule has 0 spiro atoms. The summed E-state index contributed by atoms with van der Waals surface area (Å²) in [6.07, 6.45) is 1.30. The summed E-state index contributed by atoms with van der Waals surface area (Å²) in [5.41, 5.74) is 0. The van der Waals surface area contributed by atoms with Crippen molar-refractivity contribution in [3.8, 4) is 0 Å². The Morgan fingerprint density at radius 1 is 1.50 bits per heavy atom. The molecule has 0 radical (unpaired) electrons. The van der Waals surface area contributed by atoms with Gasteiger partial charge in [0.05, 0.1) is 0 Å². The maximum Gasteiger partial charge on any atom is 0.216 e. The Hall–Kier alpha value is -0.610. The fourth-order valence-electron chi connectivity index (χ4n) is 1.83. The Balaban J connectivity index is 1.91. The van der Waals surface area contributed by atoms with Gasteiger partial charge in [0.25, 0.3) is 0 Å². The van der Waals surface area contributed by atoms with Crippen LogP contribution in [0, 0.1) is 5.92 Å². The third-order valence-corrected chi connectivity index (χ3v) is 2.60. The van der Waals surface area contributed by atoms with E-state index in [4.69, 9.17) is 0 Å². The Bertz CT molecular complexity index is 184. The van der Waals surface area contributed by atoms with E-state index in [1.807, 2.05) is 0 Å². The molecule has 0 aromatic heterocycles. The van der Waals surface area contributed by atoms with Gasteiger partial charge in [-0.3, -0.25) is 4.79 Å². The first-order valence-corrected chi connectivity index (χ1v) is 5.32. The van der Waals surface area contributed by atoms with E-state index in [0.29, 0.717) is 0 Å². The van der Waals surface area contributed by atoms with Gasteiger partial charge in [0.2, 0.25) is 5.91 Å². The summed E-state index contributed by atoms with van der Waals surface area (Å²) >= 11 is 0. The predicted octanol–water partition coefficient (Wildman–Crippen LogP) is -0.336. The van der Waals surface area contributed by atoms with Crippen LogP contribution in [0.15, 0.2) is 0 Å². The molecule has 1 rings (SSSR count). The average molecular weight is 199 g/mol. The van der Waals surface area contributed by atoms with Crippen LogP contribution < -0.4 is 10.6 Å². The molecular weight excluding hydrogens is 178 g/mol. The van der Waals surface area contributed by atoms with E-state index < -0.39 is 0 Å². The highest BCUT2D eigenvalue weighted by atomic mass is 16.1. The summed E-state index contributed by atoms with van der Waals surface area (Å²) in [4.78, 5) is 12.9. The maximum atomic E-state index is 10.6. The van der Waals surface area contributed by atoms with Gasteiger partial charge in [-0.05, 0) is 32.5 Å². The molecule has 1 fully saturated rings. The zero-order valence-electron chi connectivity index (χ0n) is 9.18. The van der Waals surface area contributed by atoms with Crippen molar-refractivity contribution in [2.45, 2.75) is 13.3 Å². The van der Waals surface area contributed by atoms with Crippen molar-refractivity contribution >= 4 is 5.91 Å². The molecule has 0 saturated carbocycles. The van der Waals surface area contributed by atoms with E-state index in [-0.39, 0.29) is 5.91 Å². The van der Waals surface area contributed by atoms with Crippen LogP contribution in [0.1, 0.15) is 13.3 Å². The third kappa shape index (κ3) is 4.58. The standard InChI is InChI=1S/C10H21N3O/c1-9(14)12-5-4-11-7-10-3-6-13(2)8-10/h10-11H,3-8H2,1-2H3,(H,12,14). The zero-order valence-corrected chi connectivity index (χ0v) is 9.18. The lowest BCUT2D eigenvalue weighted by Crippen LogP contribution is -2.33. The topological polar surface area (TPSA) is 44.4 Å². The lowest BCUT2D eigenvalue weighted by molar-refractivity contribution is -0.118. The van der Waals surface area contributed by atoms with Crippen LogP contribution in [-0.2, 0) is 4.79 Å². The number of nitrogens with one attached hydrogen (secondary N) is 2. The fraction of sp³-hybridized carbons (Fsp3) is 0.900. The molecule has 0 aromatic rings. The maximum absolute atomic E-state index is 10.6. The van der Waals surface area contributed by atoms with Crippen LogP contribution in [0.5, 0.6) is 0 Å². The van der Waals surface area contributed by atoms with E-state index in [1.54, 1.807) is 6.92 Å². The van der Waals surface area contributed by atoms with E-state index in [2.05, 4.69) is 22.6 Å². The number of hydrogen-bond donors (Lipinski definition) is 2. The summed E-state index contributed by atoms with van der Waals surface area (Å²) in [6, 6.07) is 0. The molecule has 1 atom stereocenters. The van der Waals surface area contributed by atoms with Crippen molar-refractivity contribution < 1.29 is 4.79 Å². The molecule has 1 aliphatic rings. The normalized spacial score (nSPS) is 22.6. The van der Waals surface area contributed by atoms with Gasteiger partial charge in [0.15, 0.2) is 0 Å². The molecule has 0 bridgehead atoms. The third-order valence-electron chi connectivity index (χ3n) is 2.60. The van der Waals surface area contributed by atoms with Crippen LogP contribution in [0.25, 0.3) is 0 Å². The fourth-order valence-corrected chi connectivity index (χ4v) is 1.83. The van der Waals surface area contributed by atoms with Crippen LogP contribution in [0.4, 0.5) is 0 Å². The number of rotatable bonds is 5. The lowest BCUT2D eigenvalue weighted by Gasteiger charge is -2.11. The molecule has 0 aliphatic carbocycles. The SMILES string of the molecule is CC(=O)NCCNCC1CCN(C)C1. The van der Waals surface area contributed by atoms with Crippen LogP contribution in [-0.4, -0.2) is 50.6 Å². The molecule has 1 amide bonds. The first-order chi connectivity index (χ1) is 6.68. The Kier molecular flexibility index (Phi) is 4.90. The van der Waals surface area contributed by atoms with Gasteiger partial charge in [-0.15, -0.1) is 0 Å². The van der Waals surface area contributed by atoms with Gasteiger partial charge in [-0.25, -0.2) is 0 Å². The van der Waals surface area contributed by atoms with Gasteiger partial charge >= 0.3 is 0 Å². The van der Waals surface area contributed by atoms with E-state index >= 15 is 0 Å². The van der Waals surface area contributed by atoms with Crippen LogP contribution in [0.2, 0.25) is 0 Å². The highest BCUT2D eigenvalue weighted by molar-refractivity contribution is 5.72. The molecule has 2 N–H and O–H groups in total. The Morgan fingerprint density at radius 2 is 2.29 bits per heavy atom. The lowest BCUT2D eigenvalue weighted by atomic mass is 10.1. The van der Waals surface area contributed by atoms with Crippen LogP contribution >= 0.6 is 0 Å². The summed E-state index contributed by atoms with van der Waals surface area (Å²) in [6.45, 7) is 6.65. The molecular formula is C10H21N3O. The van der Waals surface area contributed by atoms with Crippen molar-refractivity contribution in [2.75, 3.05) is 39.8 Å². The van der Waals surface area contributed by atoms with Gasteiger partial charge in [-0.1, -0.05) is 0 Å². The van der Waals surface area contributed by atoms with E-state index in [9.17, 15) is 4.79 Å². The van der Waals surface area contributed by atoms with Crippen LogP contribution in [0.3, 0.4) is 0 Å². The van der Waals surface area contributed by atoms with Crippen molar-refractivity contribution in [2.24, 2.45) is 5.92 Å². The van der Waals surface area contributed by atoms with E-state index in [0.717, 1.165) is 25.6 Å². The van der Waals surface area contributed by atoms with Gasteiger partial charge in [0.1, 0.15) is 0 Å². The second-order valence-corrected chi connectivity index (χ2v) is 4.10. The number of likely N-dealkylation sites (tertiary alicyclic amines) is 1. The Labute approximate surface area is 86.0 Å². The summed E-state index contributed by atoms with van der Waals surface area (Å²) in [5.74, 6) is 0.838. The minimum Gasteiger partial charge on any atom is -0.355 e. The number of nitrogens with zero attached hydrogens (tertiary/aromatic N) is 1. The smallest absolute Gasteiger partial charge is 0.216 e. The molecule has 0 aromatic carbocycles. The average Bonchev–Trinajstić information content (AvgIpc) is 2.50. The summed E-state index contributed by atoms with van der Waals surface area (Å²) < 4.78 is 0. The second-order valence-electron chi connectivity index (χ2n) is 4.10. The first kappa shape index (κ1) is 11.5. The molecule has 4 heteroatoms. The van der Waals surface area contributed by atoms with Gasteiger partial charge < -0.3 is 15.5 Å². The monoisotopic (exact) mass is 199 g/mol. The second kappa shape index (κ2) is 5.98. The molecule has 1 heterocycles. The minimum absolute atomic E-state index is 0.0485. The van der Waals surface area contributed by atoms with Crippen molar-refractivity contribution in [1.82, 2.24) is 15.5 Å². The largest absolute Gasteiger partial charge is 0.355 e. The van der Waals surface area contributed by atoms with Crippen molar-refractivity contribution in [1.29, 1.82) is 0 Å². The van der Waals surface area contributed by atoms with Gasteiger partial charge in [-0.2, -0.15) is 0 Å². The first-order valence-electron chi connectivity index (χ1n) is 5.32. The molecule has 1 saturated heterocycles. The molecule has 82 valence electrons. The highest BCUT2D eigenvalue weighted by Gasteiger charge is 2.18. The number of carbonyl (C=O) groups excluding carboxylic acids is 1. The predicted molar refractivity (Wildman–Crippen MR) is 57.2 cm³/mol. The summed E-state index contributed by atoms with van der Waals surface area (Å²) in [5, 5.41) is 6.13. The number of hydrogen-bond acceptors (Lipinski definition) is 3. The quantitative estimate of drug-likeness (QED) is 0.596. The molecule has 4 nitrogen and oxygen atoms in total. The van der Waals surface area contributed by atoms with Crippen molar-refractivity contribution in [3.05, 3.63) is 0 Å². The van der Waals surface area contributed by atoms with E-state index in [1.165, 1.54) is 19.5 Å². The minimum atomic E-state index is 0.0485. The zero-order chi connectivity index (χ0) is 10.4. The number of carbonyl (C=O) groups is 1. The molecule has 1 aliphatic heterocycles. The molecule has 1 unspecified atom stereocenters.